The van der Waals surface area contributed by atoms with Crippen LogP contribution in [0.5, 0.6) is 0 Å². The van der Waals surface area contributed by atoms with Gasteiger partial charge in [0.15, 0.2) is 5.17 Å². The van der Waals surface area contributed by atoms with Crippen LogP contribution < -0.4 is 5.32 Å². The van der Waals surface area contributed by atoms with Crippen molar-refractivity contribution in [2.24, 2.45) is 4.99 Å². The molecule has 2 fully saturated rings. The highest BCUT2D eigenvalue weighted by Gasteiger charge is 2.37. The van der Waals surface area contributed by atoms with Crippen LogP contribution in [0.15, 0.2) is 4.99 Å². The van der Waals surface area contributed by atoms with Crippen molar-refractivity contribution in [2.75, 3.05) is 25.4 Å². The van der Waals surface area contributed by atoms with Crippen LogP contribution in [0.3, 0.4) is 0 Å². The fraction of sp³-hybridized carbons (Fsp3) is 0.875. The first-order valence-electron chi connectivity index (χ1n) is 9.33. The maximum Gasteiger partial charge on any atom is 0.323 e. The molecule has 0 aromatic rings. The third-order valence-corrected chi connectivity index (χ3v) is 8.51. The summed E-state index contributed by atoms with van der Waals surface area (Å²) in [5.74, 6) is 0.126. The highest BCUT2D eigenvalue weighted by atomic mass is 35.5. The van der Waals surface area contributed by atoms with E-state index in [0.29, 0.717) is 37.6 Å². The van der Waals surface area contributed by atoms with Crippen molar-refractivity contribution < 1.29 is 13.2 Å². The lowest BCUT2D eigenvalue weighted by atomic mass is 10.0. The summed E-state index contributed by atoms with van der Waals surface area (Å²) < 4.78 is 25.6. The SMILES string of the molecule is CCS(=O)(=O)N1CCC(N(C(=O)NC2=NCC(Cl)S2)C2CCCC2)CC1. The van der Waals surface area contributed by atoms with E-state index in [0.717, 1.165) is 25.7 Å². The molecular formula is C16H27ClN4O3S2. The van der Waals surface area contributed by atoms with E-state index in [1.807, 2.05) is 4.90 Å². The quantitative estimate of drug-likeness (QED) is 0.705. The molecule has 1 atom stereocenters. The van der Waals surface area contributed by atoms with Gasteiger partial charge in [0.1, 0.15) is 4.71 Å². The second kappa shape index (κ2) is 8.67. The molecule has 1 N–H and O–H groups in total. The van der Waals surface area contributed by atoms with E-state index in [1.54, 1.807) is 11.2 Å². The van der Waals surface area contributed by atoms with E-state index in [-0.39, 0.29) is 28.6 Å². The van der Waals surface area contributed by atoms with Crippen molar-refractivity contribution in [1.29, 1.82) is 0 Å². The Balaban J connectivity index is 1.66. The molecule has 148 valence electrons. The number of urea groups is 1. The normalized spacial score (nSPS) is 26.1. The monoisotopic (exact) mass is 422 g/mol. The van der Waals surface area contributed by atoms with Gasteiger partial charge in [0.05, 0.1) is 12.3 Å². The number of alkyl halides is 1. The lowest BCUT2D eigenvalue weighted by Crippen LogP contribution is -2.55. The number of hydrogen-bond acceptors (Lipinski definition) is 5. The topological polar surface area (TPSA) is 82.1 Å². The Labute approximate surface area is 165 Å². The molecule has 1 saturated carbocycles. The highest BCUT2D eigenvalue weighted by Crippen LogP contribution is 2.30. The zero-order valence-corrected chi connectivity index (χ0v) is 17.5. The zero-order chi connectivity index (χ0) is 18.7. The molecule has 26 heavy (non-hydrogen) atoms. The van der Waals surface area contributed by atoms with Gasteiger partial charge in [0.25, 0.3) is 0 Å². The first-order chi connectivity index (χ1) is 12.4. The van der Waals surface area contributed by atoms with Crippen molar-refractivity contribution >= 4 is 44.6 Å². The van der Waals surface area contributed by atoms with Crippen LogP contribution in [0.1, 0.15) is 45.4 Å². The Hall–Kier alpha value is -0.510. The number of nitrogens with one attached hydrogen (secondary N) is 1. The van der Waals surface area contributed by atoms with E-state index in [4.69, 9.17) is 11.6 Å². The smallest absolute Gasteiger partial charge is 0.318 e. The molecule has 10 heteroatoms. The number of sulfonamides is 1. The summed E-state index contributed by atoms with van der Waals surface area (Å²) in [6, 6.07) is 0.180. The minimum Gasteiger partial charge on any atom is -0.318 e. The van der Waals surface area contributed by atoms with Crippen molar-refractivity contribution in [2.45, 2.75) is 62.2 Å². The third kappa shape index (κ3) is 4.66. The lowest BCUT2D eigenvalue weighted by molar-refractivity contribution is 0.119. The van der Waals surface area contributed by atoms with Gasteiger partial charge in [-0.15, -0.1) is 11.6 Å². The van der Waals surface area contributed by atoms with E-state index in [9.17, 15) is 13.2 Å². The highest BCUT2D eigenvalue weighted by molar-refractivity contribution is 8.15. The van der Waals surface area contributed by atoms with E-state index in [2.05, 4.69) is 10.3 Å². The van der Waals surface area contributed by atoms with Crippen LogP contribution >= 0.6 is 23.4 Å². The molecule has 0 aromatic heterocycles. The van der Waals surface area contributed by atoms with Gasteiger partial charge < -0.3 is 4.90 Å². The molecule has 0 radical (unpaired) electrons. The fourth-order valence-corrected chi connectivity index (χ4v) is 6.11. The number of amidine groups is 1. The molecule has 3 rings (SSSR count). The van der Waals surface area contributed by atoms with Gasteiger partial charge in [-0.2, -0.15) is 0 Å². The van der Waals surface area contributed by atoms with Crippen molar-refractivity contribution in [3.05, 3.63) is 0 Å². The van der Waals surface area contributed by atoms with Gasteiger partial charge in [0.2, 0.25) is 10.0 Å². The van der Waals surface area contributed by atoms with E-state index in [1.165, 1.54) is 11.8 Å². The summed E-state index contributed by atoms with van der Waals surface area (Å²) in [4.78, 5) is 19.2. The molecule has 2 aliphatic heterocycles. The molecule has 1 saturated heterocycles. The number of carbonyl (C=O) groups is 1. The van der Waals surface area contributed by atoms with Crippen molar-refractivity contribution in [3.63, 3.8) is 0 Å². The number of thioether (sulfide) groups is 1. The molecule has 0 bridgehead atoms. The van der Waals surface area contributed by atoms with Crippen LogP contribution in [0.4, 0.5) is 4.79 Å². The van der Waals surface area contributed by atoms with Gasteiger partial charge >= 0.3 is 6.03 Å². The predicted octanol–water partition coefficient (Wildman–Crippen LogP) is 2.42. The Morgan fingerprint density at radius 3 is 2.42 bits per heavy atom. The second-order valence-corrected chi connectivity index (χ2v) is 11.2. The second-order valence-electron chi connectivity index (χ2n) is 6.98. The summed E-state index contributed by atoms with van der Waals surface area (Å²) in [6.45, 7) is 3.15. The van der Waals surface area contributed by atoms with Gasteiger partial charge in [-0.3, -0.25) is 10.3 Å². The fourth-order valence-electron chi connectivity index (χ4n) is 3.97. The predicted molar refractivity (Wildman–Crippen MR) is 106 cm³/mol. The number of carbonyl (C=O) groups excluding carboxylic acids is 1. The number of piperidine rings is 1. The number of hydrogen-bond donors (Lipinski definition) is 1. The molecule has 2 heterocycles. The average molecular weight is 423 g/mol. The molecule has 0 spiro atoms. The molecule has 1 unspecified atom stereocenters. The minimum absolute atomic E-state index is 0.0696. The summed E-state index contributed by atoms with van der Waals surface area (Å²) in [5.41, 5.74) is 0. The van der Waals surface area contributed by atoms with Crippen LogP contribution in [-0.2, 0) is 10.0 Å². The molecular weight excluding hydrogens is 396 g/mol. The van der Waals surface area contributed by atoms with Gasteiger partial charge in [-0.1, -0.05) is 24.6 Å². The van der Waals surface area contributed by atoms with E-state index >= 15 is 0 Å². The average Bonchev–Trinajstić information content (AvgIpc) is 3.28. The van der Waals surface area contributed by atoms with Crippen LogP contribution in [-0.4, -0.2) is 71.0 Å². The molecule has 2 amide bonds. The molecule has 7 nitrogen and oxygen atoms in total. The lowest BCUT2D eigenvalue weighted by Gasteiger charge is -2.41. The first kappa shape index (κ1) is 20.2. The largest absolute Gasteiger partial charge is 0.323 e. The standard InChI is InChI=1S/C16H27ClN4O3S2/c1-2-26(23,24)20-9-7-13(8-10-20)21(12-5-3-4-6-12)16(22)19-15-18-11-14(17)25-15/h12-14H,2-11H2,1H3,(H,18,19,22). The van der Waals surface area contributed by atoms with Crippen LogP contribution in [0.2, 0.25) is 0 Å². The minimum atomic E-state index is -3.16. The first-order valence-corrected chi connectivity index (χ1v) is 12.3. The van der Waals surface area contributed by atoms with Crippen molar-refractivity contribution in [1.82, 2.24) is 14.5 Å². The van der Waals surface area contributed by atoms with Crippen LogP contribution in [0.25, 0.3) is 0 Å². The Kier molecular flexibility index (Phi) is 6.74. The third-order valence-electron chi connectivity index (χ3n) is 5.36. The Bertz CT molecular complexity index is 644. The number of rotatable bonds is 4. The number of amides is 2. The zero-order valence-electron chi connectivity index (χ0n) is 15.1. The van der Waals surface area contributed by atoms with Gasteiger partial charge in [-0.05, 0) is 32.6 Å². The van der Waals surface area contributed by atoms with E-state index < -0.39 is 10.0 Å². The van der Waals surface area contributed by atoms with Crippen LogP contribution in [0, 0.1) is 0 Å². The molecule has 1 aliphatic carbocycles. The Morgan fingerprint density at radius 1 is 1.27 bits per heavy atom. The summed E-state index contributed by atoms with van der Waals surface area (Å²) in [6.07, 6.45) is 5.66. The summed E-state index contributed by atoms with van der Waals surface area (Å²) in [5, 5.41) is 3.51. The molecule has 3 aliphatic rings. The number of aliphatic imine (C=N–C) groups is 1. The molecule has 0 aromatic carbocycles. The summed E-state index contributed by atoms with van der Waals surface area (Å²) >= 11 is 7.42. The maximum atomic E-state index is 13.0. The Morgan fingerprint density at radius 2 is 1.88 bits per heavy atom. The van der Waals surface area contributed by atoms with Crippen molar-refractivity contribution in [3.8, 4) is 0 Å². The number of halogens is 1. The summed E-state index contributed by atoms with van der Waals surface area (Å²) in [7, 11) is -3.16. The number of nitrogens with zero attached hydrogens (tertiary/aromatic N) is 3. The van der Waals surface area contributed by atoms with Gasteiger partial charge in [0, 0.05) is 25.2 Å². The van der Waals surface area contributed by atoms with Gasteiger partial charge in [-0.25, -0.2) is 17.5 Å². The maximum absolute atomic E-state index is 13.0.